The molecule has 4 heteroatoms. The molecule has 2 fully saturated rings. The van der Waals surface area contributed by atoms with E-state index in [-0.39, 0.29) is 18.1 Å². The van der Waals surface area contributed by atoms with Crippen molar-refractivity contribution in [2.75, 3.05) is 13.2 Å². The number of amides is 2. The van der Waals surface area contributed by atoms with E-state index in [1.807, 2.05) is 0 Å². The Bertz CT molecular complexity index is 358. The number of aliphatic hydroxyl groups is 1. The van der Waals surface area contributed by atoms with Crippen molar-refractivity contribution < 1.29 is 9.90 Å². The standard InChI is InChI=1S/C18H34N2O2/c1-14-5-7-15(8-6-14)20(16-9-10-16)17(22)19-12-4-11-18(2,3)13-21/h14-16,21H,4-13H2,1-3H3,(H,19,22). The molecule has 22 heavy (non-hydrogen) atoms. The van der Waals surface area contributed by atoms with Crippen molar-refractivity contribution in [3.63, 3.8) is 0 Å². The summed E-state index contributed by atoms with van der Waals surface area (Å²) in [5.74, 6) is 0.820. The summed E-state index contributed by atoms with van der Waals surface area (Å²) in [5.41, 5.74) is -0.0413. The minimum atomic E-state index is -0.0413. The molecule has 2 aliphatic rings. The van der Waals surface area contributed by atoms with Gasteiger partial charge in [-0.2, -0.15) is 0 Å². The molecule has 0 aromatic heterocycles. The summed E-state index contributed by atoms with van der Waals surface area (Å²) in [7, 11) is 0. The Balaban J connectivity index is 1.76. The van der Waals surface area contributed by atoms with E-state index in [9.17, 15) is 9.90 Å². The number of nitrogens with zero attached hydrogens (tertiary/aromatic N) is 1. The number of rotatable bonds is 7. The molecule has 2 amide bonds. The van der Waals surface area contributed by atoms with E-state index in [4.69, 9.17) is 0 Å². The number of hydrogen-bond donors (Lipinski definition) is 2. The van der Waals surface area contributed by atoms with Gasteiger partial charge in [0, 0.05) is 25.2 Å². The highest BCUT2D eigenvalue weighted by Gasteiger charge is 2.38. The molecule has 2 aliphatic carbocycles. The number of carbonyl (C=O) groups excluding carboxylic acids is 1. The van der Waals surface area contributed by atoms with E-state index in [2.05, 4.69) is 31.0 Å². The van der Waals surface area contributed by atoms with Gasteiger partial charge in [0.05, 0.1) is 0 Å². The lowest BCUT2D eigenvalue weighted by molar-refractivity contribution is 0.137. The maximum Gasteiger partial charge on any atom is 0.317 e. The molecule has 0 spiro atoms. The first-order valence-corrected chi connectivity index (χ1v) is 9.10. The van der Waals surface area contributed by atoms with Crippen LogP contribution < -0.4 is 5.32 Å². The summed E-state index contributed by atoms with van der Waals surface area (Å²) >= 11 is 0. The number of carbonyl (C=O) groups is 1. The Kier molecular flexibility index (Phi) is 6.13. The lowest BCUT2D eigenvalue weighted by Crippen LogP contribution is -2.48. The molecule has 0 saturated heterocycles. The van der Waals surface area contributed by atoms with E-state index >= 15 is 0 Å². The first kappa shape index (κ1) is 17.6. The minimum absolute atomic E-state index is 0.0413. The molecule has 0 aromatic carbocycles. The molecule has 128 valence electrons. The smallest absolute Gasteiger partial charge is 0.317 e. The topological polar surface area (TPSA) is 52.6 Å². The average molecular weight is 310 g/mol. The van der Waals surface area contributed by atoms with Gasteiger partial charge in [0.1, 0.15) is 0 Å². The second-order valence-corrected chi connectivity index (χ2v) is 8.21. The van der Waals surface area contributed by atoms with Gasteiger partial charge in [-0.1, -0.05) is 20.8 Å². The molecule has 2 rings (SSSR count). The minimum Gasteiger partial charge on any atom is -0.396 e. The van der Waals surface area contributed by atoms with E-state index in [0.29, 0.717) is 18.6 Å². The number of hydrogen-bond acceptors (Lipinski definition) is 2. The van der Waals surface area contributed by atoms with E-state index in [1.54, 1.807) is 0 Å². The van der Waals surface area contributed by atoms with Crippen LogP contribution in [0.1, 0.15) is 72.1 Å². The highest BCUT2D eigenvalue weighted by Crippen LogP contribution is 2.35. The van der Waals surface area contributed by atoms with Crippen molar-refractivity contribution in [1.82, 2.24) is 10.2 Å². The Morgan fingerprint density at radius 3 is 2.18 bits per heavy atom. The maximum absolute atomic E-state index is 12.6. The number of aliphatic hydroxyl groups excluding tert-OH is 1. The average Bonchev–Trinajstić information content (AvgIpc) is 3.31. The third-order valence-corrected chi connectivity index (χ3v) is 5.29. The third-order valence-electron chi connectivity index (χ3n) is 5.29. The molecule has 0 bridgehead atoms. The molecular weight excluding hydrogens is 276 g/mol. The molecule has 0 aromatic rings. The summed E-state index contributed by atoms with van der Waals surface area (Å²) in [6.07, 6.45) is 9.07. The summed E-state index contributed by atoms with van der Waals surface area (Å²) in [4.78, 5) is 14.7. The fraction of sp³-hybridized carbons (Fsp3) is 0.944. The van der Waals surface area contributed by atoms with Crippen molar-refractivity contribution >= 4 is 6.03 Å². The second kappa shape index (κ2) is 7.67. The molecular formula is C18H34N2O2. The summed E-state index contributed by atoms with van der Waals surface area (Å²) in [6, 6.07) is 1.09. The maximum atomic E-state index is 12.6. The van der Waals surface area contributed by atoms with Gasteiger partial charge in [-0.05, 0) is 62.7 Å². The van der Waals surface area contributed by atoms with E-state index in [1.165, 1.54) is 38.5 Å². The zero-order valence-electron chi connectivity index (χ0n) is 14.6. The Hall–Kier alpha value is -0.770. The number of urea groups is 1. The molecule has 0 atom stereocenters. The van der Waals surface area contributed by atoms with Crippen LogP contribution in [-0.4, -0.2) is 41.3 Å². The van der Waals surface area contributed by atoms with E-state index in [0.717, 1.165) is 18.8 Å². The third kappa shape index (κ3) is 5.15. The van der Waals surface area contributed by atoms with Crippen molar-refractivity contribution in [2.24, 2.45) is 11.3 Å². The molecule has 2 saturated carbocycles. The first-order valence-electron chi connectivity index (χ1n) is 9.10. The molecule has 2 N–H and O–H groups in total. The van der Waals surface area contributed by atoms with Gasteiger partial charge >= 0.3 is 6.03 Å². The van der Waals surface area contributed by atoms with Crippen LogP contribution in [0, 0.1) is 11.3 Å². The van der Waals surface area contributed by atoms with Crippen LogP contribution in [-0.2, 0) is 0 Å². The number of nitrogens with one attached hydrogen (secondary N) is 1. The zero-order valence-corrected chi connectivity index (χ0v) is 14.6. The second-order valence-electron chi connectivity index (χ2n) is 8.21. The zero-order chi connectivity index (χ0) is 16.2. The van der Waals surface area contributed by atoms with Crippen LogP contribution in [0.5, 0.6) is 0 Å². The van der Waals surface area contributed by atoms with Crippen LogP contribution >= 0.6 is 0 Å². The molecule has 4 nitrogen and oxygen atoms in total. The Morgan fingerprint density at radius 1 is 1.14 bits per heavy atom. The van der Waals surface area contributed by atoms with Crippen molar-refractivity contribution in [3.05, 3.63) is 0 Å². The summed E-state index contributed by atoms with van der Waals surface area (Å²) < 4.78 is 0. The summed E-state index contributed by atoms with van der Waals surface area (Å²) in [5, 5.41) is 12.4. The Morgan fingerprint density at radius 2 is 1.68 bits per heavy atom. The largest absolute Gasteiger partial charge is 0.396 e. The monoisotopic (exact) mass is 310 g/mol. The predicted octanol–water partition coefficient (Wildman–Crippen LogP) is 3.54. The van der Waals surface area contributed by atoms with Crippen LogP contribution in [0.2, 0.25) is 0 Å². The fourth-order valence-corrected chi connectivity index (χ4v) is 3.44. The lowest BCUT2D eigenvalue weighted by Gasteiger charge is -2.36. The van der Waals surface area contributed by atoms with Gasteiger partial charge in [-0.15, -0.1) is 0 Å². The Labute approximate surface area is 135 Å². The fourth-order valence-electron chi connectivity index (χ4n) is 3.44. The molecule has 0 radical (unpaired) electrons. The van der Waals surface area contributed by atoms with Crippen LogP contribution in [0.25, 0.3) is 0 Å². The molecule has 0 heterocycles. The van der Waals surface area contributed by atoms with Crippen molar-refractivity contribution in [3.8, 4) is 0 Å². The van der Waals surface area contributed by atoms with Crippen LogP contribution in [0.4, 0.5) is 4.79 Å². The van der Waals surface area contributed by atoms with Gasteiger partial charge in [0.15, 0.2) is 0 Å². The van der Waals surface area contributed by atoms with Crippen molar-refractivity contribution in [1.29, 1.82) is 0 Å². The van der Waals surface area contributed by atoms with Gasteiger partial charge in [-0.3, -0.25) is 0 Å². The van der Waals surface area contributed by atoms with Crippen LogP contribution in [0.3, 0.4) is 0 Å². The quantitative estimate of drug-likeness (QED) is 0.707. The van der Waals surface area contributed by atoms with Gasteiger partial charge in [-0.25, -0.2) is 4.79 Å². The van der Waals surface area contributed by atoms with Crippen LogP contribution in [0.15, 0.2) is 0 Å². The SMILES string of the molecule is CC1CCC(N(C(=O)NCCCC(C)(C)CO)C2CC2)CC1. The van der Waals surface area contributed by atoms with E-state index < -0.39 is 0 Å². The van der Waals surface area contributed by atoms with Gasteiger partial charge in [0.25, 0.3) is 0 Å². The highest BCUT2D eigenvalue weighted by molar-refractivity contribution is 5.75. The first-order chi connectivity index (χ1) is 10.4. The predicted molar refractivity (Wildman–Crippen MR) is 89.8 cm³/mol. The van der Waals surface area contributed by atoms with Gasteiger partial charge < -0.3 is 15.3 Å². The lowest BCUT2D eigenvalue weighted by atomic mass is 9.86. The molecule has 0 unspecified atom stereocenters. The normalized spacial score (nSPS) is 25.8. The van der Waals surface area contributed by atoms with Gasteiger partial charge in [0.2, 0.25) is 0 Å². The summed E-state index contributed by atoms with van der Waals surface area (Å²) in [6.45, 7) is 7.37. The molecule has 0 aliphatic heterocycles. The highest BCUT2D eigenvalue weighted by atomic mass is 16.3. The van der Waals surface area contributed by atoms with Crippen molar-refractivity contribution in [2.45, 2.75) is 84.2 Å².